The molecule has 1 atom stereocenters. The Morgan fingerprint density at radius 1 is 1.14 bits per heavy atom. The van der Waals surface area contributed by atoms with Gasteiger partial charge in [0.05, 0.1) is 13.2 Å². The van der Waals surface area contributed by atoms with Gasteiger partial charge in [0.2, 0.25) is 15.9 Å². The Balaban J connectivity index is 2.06. The van der Waals surface area contributed by atoms with Gasteiger partial charge in [-0.2, -0.15) is 4.72 Å². The number of sulfonamides is 1. The molecule has 1 amide bonds. The van der Waals surface area contributed by atoms with Crippen LogP contribution in [-0.4, -0.2) is 27.5 Å². The normalized spacial score (nSPS) is 12.4. The second-order valence-electron chi connectivity index (χ2n) is 6.79. The van der Waals surface area contributed by atoms with Crippen LogP contribution < -0.4 is 14.8 Å². The average Bonchev–Trinajstić information content (AvgIpc) is 2.67. The topological polar surface area (TPSA) is 84.5 Å². The van der Waals surface area contributed by atoms with E-state index in [1.54, 1.807) is 19.1 Å². The van der Waals surface area contributed by atoms with E-state index < -0.39 is 22.0 Å². The van der Waals surface area contributed by atoms with Gasteiger partial charge in [-0.15, -0.1) is 0 Å². The lowest BCUT2D eigenvalue weighted by Gasteiger charge is -2.16. The number of unbranched alkanes of at least 4 members (excludes halogenated alkanes) is 1. The van der Waals surface area contributed by atoms with Crippen molar-refractivity contribution < 1.29 is 17.9 Å². The van der Waals surface area contributed by atoms with Gasteiger partial charge in [0.15, 0.2) is 0 Å². The number of amides is 1. The van der Waals surface area contributed by atoms with E-state index in [4.69, 9.17) is 4.74 Å². The highest BCUT2D eigenvalue weighted by molar-refractivity contribution is 7.89. The summed E-state index contributed by atoms with van der Waals surface area (Å²) in [6.07, 6.45) is 3.24. The number of ether oxygens (including phenoxy) is 1. The van der Waals surface area contributed by atoms with Gasteiger partial charge >= 0.3 is 0 Å². The van der Waals surface area contributed by atoms with Crippen LogP contribution in [0.3, 0.4) is 0 Å². The molecule has 6 nitrogen and oxygen atoms in total. The number of nitrogens with one attached hydrogen (secondary N) is 2. The molecule has 0 heterocycles. The number of carbonyl (C=O) groups excluding carboxylic acids is 1. The third-order valence-corrected chi connectivity index (χ3v) is 5.94. The molecule has 0 aliphatic heterocycles. The molecule has 152 valence electrons. The van der Waals surface area contributed by atoms with E-state index in [2.05, 4.69) is 17.0 Å². The zero-order chi connectivity index (χ0) is 20.7. The first-order chi connectivity index (χ1) is 13.3. The third-order valence-electron chi connectivity index (χ3n) is 4.37. The van der Waals surface area contributed by atoms with E-state index in [9.17, 15) is 13.2 Å². The van der Waals surface area contributed by atoms with Gasteiger partial charge in [-0.3, -0.25) is 4.79 Å². The molecule has 2 aromatic rings. The smallest absolute Gasteiger partial charge is 0.244 e. The molecule has 0 bridgehead atoms. The van der Waals surface area contributed by atoms with Gasteiger partial charge in [0.25, 0.3) is 0 Å². The van der Waals surface area contributed by atoms with Crippen LogP contribution in [0.1, 0.15) is 37.8 Å². The van der Waals surface area contributed by atoms with Crippen LogP contribution in [0.15, 0.2) is 47.4 Å². The monoisotopic (exact) mass is 404 g/mol. The molecule has 2 aromatic carbocycles. The second kappa shape index (κ2) is 9.71. The van der Waals surface area contributed by atoms with Crippen LogP contribution >= 0.6 is 0 Å². The van der Waals surface area contributed by atoms with E-state index in [0.717, 1.165) is 24.8 Å². The number of benzene rings is 2. The molecular weight excluding hydrogens is 376 g/mol. The molecule has 28 heavy (non-hydrogen) atoms. The lowest BCUT2D eigenvalue weighted by atomic mass is 10.1. The number of hydrogen-bond donors (Lipinski definition) is 2. The van der Waals surface area contributed by atoms with Crippen LogP contribution in [0, 0.1) is 6.92 Å². The largest absolute Gasteiger partial charge is 0.495 e. The average molecular weight is 405 g/mol. The summed E-state index contributed by atoms with van der Waals surface area (Å²) in [5, 5.41) is 2.74. The molecule has 0 aromatic heterocycles. The minimum Gasteiger partial charge on any atom is -0.495 e. The van der Waals surface area contributed by atoms with Gasteiger partial charge < -0.3 is 10.1 Å². The number of carbonyl (C=O) groups is 1. The summed E-state index contributed by atoms with van der Waals surface area (Å²) in [7, 11) is -2.51. The first-order valence-electron chi connectivity index (χ1n) is 9.33. The van der Waals surface area contributed by atoms with Crippen molar-refractivity contribution in [2.24, 2.45) is 0 Å². The standard InChI is InChI=1S/C21H28N2O4S/c1-5-6-7-17-9-11-18(12-10-17)22-21(24)16(3)23-28(25,26)20-14-15(2)8-13-19(20)27-4/h8-14,16,23H,5-7H2,1-4H3,(H,22,24). The Bertz CT molecular complexity index is 909. The van der Waals surface area contributed by atoms with E-state index in [0.29, 0.717) is 5.69 Å². The van der Waals surface area contributed by atoms with Crippen molar-refractivity contribution in [1.82, 2.24) is 4.72 Å². The van der Waals surface area contributed by atoms with Crippen LogP contribution in [0.2, 0.25) is 0 Å². The number of anilines is 1. The molecule has 0 saturated heterocycles. The Morgan fingerprint density at radius 3 is 2.43 bits per heavy atom. The van der Waals surface area contributed by atoms with Gasteiger partial charge in [-0.05, 0) is 62.1 Å². The summed E-state index contributed by atoms with van der Waals surface area (Å²) in [5.41, 5.74) is 2.62. The van der Waals surface area contributed by atoms with Crippen molar-refractivity contribution in [3.63, 3.8) is 0 Å². The SMILES string of the molecule is CCCCc1ccc(NC(=O)C(C)NS(=O)(=O)c2cc(C)ccc2OC)cc1. The first-order valence-corrected chi connectivity index (χ1v) is 10.8. The lowest BCUT2D eigenvalue weighted by molar-refractivity contribution is -0.117. The lowest BCUT2D eigenvalue weighted by Crippen LogP contribution is -2.41. The summed E-state index contributed by atoms with van der Waals surface area (Å²) in [4.78, 5) is 12.4. The summed E-state index contributed by atoms with van der Waals surface area (Å²) in [6.45, 7) is 5.44. The maximum atomic E-state index is 12.7. The molecule has 0 radical (unpaired) electrons. The van der Waals surface area contributed by atoms with Gasteiger partial charge in [0, 0.05) is 5.69 Å². The summed E-state index contributed by atoms with van der Waals surface area (Å²) in [5.74, 6) is -0.204. The van der Waals surface area contributed by atoms with Crippen molar-refractivity contribution >= 4 is 21.6 Å². The molecule has 7 heteroatoms. The predicted octanol–water partition coefficient (Wildman–Crippen LogP) is 3.65. The van der Waals surface area contributed by atoms with Gasteiger partial charge in [0.1, 0.15) is 10.6 Å². The van der Waals surface area contributed by atoms with Crippen LogP contribution in [-0.2, 0) is 21.2 Å². The Hall–Kier alpha value is -2.38. The van der Waals surface area contributed by atoms with Crippen molar-refractivity contribution in [3.8, 4) is 5.75 Å². The first kappa shape index (κ1) is 21.9. The van der Waals surface area contributed by atoms with Crippen molar-refractivity contribution in [2.45, 2.75) is 51.0 Å². The van der Waals surface area contributed by atoms with E-state index in [-0.39, 0.29) is 10.6 Å². The summed E-state index contributed by atoms with van der Waals surface area (Å²) in [6, 6.07) is 11.5. The molecule has 2 rings (SSSR count). The van der Waals surface area contributed by atoms with Crippen molar-refractivity contribution in [3.05, 3.63) is 53.6 Å². The van der Waals surface area contributed by atoms with Gasteiger partial charge in [-0.1, -0.05) is 31.5 Å². The number of methoxy groups -OCH3 is 1. The molecule has 0 aliphatic rings. The van der Waals surface area contributed by atoms with Crippen LogP contribution in [0.4, 0.5) is 5.69 Å². The Kier molecular flexibility index (Phi) is 7.60. The zero-order valence-electron chi connectivity index (χ0n) is 16.8. The second-order valence-corrected chi connectivity index (χ2v) is 8.47. The third kappa shape index (κ3) is 5.81. The maximum absolute atomic E-state index is 12.7. The minimum absolute atomic E-state index is 0.00919. The molecule has 0 aliphatic carbocycles. The zero-order valence-corrected chi connectivity index (χ0v) is 17.6. The van der Waals surface area contributed by atoms with Crippen molar-refractivity contribution in [1.29, 1.82) is 0 Å². The fraction of sp³-hybridized carbons (Fsp3) is 0.381. The highest BCUT2D eigenvalue weighted by atomic mass is 32.2. The predicted molar refractivity (Wildman–Crippen MR) is 111 cm³/mol. The summed E-state index contributed by atoms with van der Waals surface area (Å²) < 4.78 is 33.0. The molecule has 2 N–H and O–H groups in total. The summed E-state index contributed by atoms with van der Waals surface area (Å²) >= 11 is 0. The molecule has 0 saturated carbocycles. The van der Waals surface area contributed by atoms with E-state index in [1.165, 1.54) is 25.7 Å². The number of aryl methyl sites for hydroxylation is 2. The molecule has 0 fully saturated rings. The highest BCUT2D eigenvalue weighted by Gasteiger charge is 2.25. The van der Waals surface area contributed by atoms with Crippen LogP contribution in [0.5, 0.6) is 5.75 Å². The Morgan fingerprint density at radius 2 is 1.82 bits per heavy atom. The van der Waals surface area contributed by atoms with Crippen molar-refractivity contribution in [2.75, 3.05) is 12.4 Å². The van der Waals surface area contributed by atoms with Gasteiger partial charge in [-0.25, -0.2) is 8.42 Å². The highest BCUT2D eigenvalue weighted by Crippen LogP contribution is 2.24. The van der Waals surface area contributed by atoms with E-state index >= 15 is 0 Å². The minimum atomic E-state index is -3.91. The van der Waals surface area contributed by atoms with E-state index in [1.807, 2.05) is 24.3 Å². The molecular formula is C21H28N2O4S. The number of hydrogen-bond acceptors (Lipinski definition) is 4. The maximum Gasteiger partial charge on any atom is 0.244 e. The fourth-order valence-electron chi connectivity index (χ4n) is 2.73. The quantitative estimate of drug-likeness (QED) is 0.668. The van der Waals surface area contributed by atoms with Crippen LogP contribution in [0.25, 0.3) is 0 Å². The fourth-order valence-corrected chi connectivity index (χ4v) is 4.19. The Labute approximate surface area is 167 Å². The molecule has 0 spiro atoms. The molecule has 1 unspecified atom stereocenters. The number of rotatable bonds is 9.